The number of aromatic hydroxyl groups is 1. The number of esters is 1. The first-order valence-corrected chi connectivity index (χ1v) is 13.4. The van der Waals surface area contributed by atoms with Gasteiger partial charge in [0.15, 0.2) is 27.8 Å². The Morgan fingerprint density at radius 1 is 1.18 bits per heavy atom. The van der Waals surface area contributed by atoms with Crippen molar-refractivity contribution >= 4 is 35.0 Å². The minimum absolute atomic E-state index is 0.0771. The average Bonchev–Trinajstić information content (AvgIpc) is 3.19. The van der Waals surface area contributed by atoms with E-state index in [-0.39, 0.29) is 40.4 Å². The third-order valence-electron chi connectivity index (χ3n) is 5.95. The van der Waals surface area contributed by atoms with Gasteiger partial charge in [-0.15, -0.1) is 0 Å². The van der Waals surface area contributed by atoms with E-state index in [0.717, 1.165) is 0 Å². The number of fused-ring (bicyclic) bond motifs is 1. The summed E-state index contributed by atoms with van der Waals surface area (Å²) in [6.07, 6.45) is 1.56. The predicted molar refractivity (Wildman–Crippen MR) is 149 cm³/mol. The molecule has 11 heteroatoms. The number of halogens is 1. The van der Waals surface area contributed by atoms with Crippen molar-refractivity contribution < 1.29 is 28.8 Å². The van der Waals surface area contributed by atoms with Gasteiger partial charge in [0, 0.05) is 0 Å². The number of aromatic nitrogens is 1. The second-order valence-electron chi connectivity index (χ2n) is 8.93. The molecular weight excluding hydrogens is 544 g/mol. The van der Waals surface area contributed by atoms with Crippen LogP contribution in [0.1, 0.15) is 44.9 Å². The molecule has 0 aliphatic carbocycles. The normalized spacial score (nSPS) is 15.2. The fourth-order valence-electron chi connectivity index (χ4n) is 4.30. The number of rotatable bonds is 8. The standard InChI is InChI=1S/C28H29ClN2O7S/c1-7-37-27(34)23-15(4)30-28-31(24(23)17-8-9-19(38-14(2)3)20(13-17)35-5)26(33)22(39-28)12-16-10-18(29)25(32)21(11-16)36-6/h8-14,24,32H,7H2,1-6H3/b22-12-/t24-/m1/s1. The number of phenolic OH excluding ortho intramolecular Hbond substituents is 1. The van der Waals surface area contributed by atoms with E-state index >= 15 is 0 Å². The van der Waals surface area contributed by atoms with Crippen LogP contribution in [0, 0.1) is 0 Å². The van der Waals surface area contributed by atoms with Crippen LogP contribution in [0.3, 0.4) is 0 Å². The summed E-state index contributed by atoms with van der Waals surface area (Å²) in [5.41, 5.74) is 1.52. The molecule has 9 nitrogen and oxygen atoms in total. The third kappa shape index (κ3) is 5.53. The summed E-state index contributed by atoms with van der Waals surface area (Å²) >= 11 is 7.33. The lowest BCUT2D eigenvalue weighted by molar-refractivity contribution is -0.139. The maximum Gasteiger partial charge on any atom is 0.338 e. The van der Waals surface area contributed by atoms with E-state index < -0.39 is 12.0 Å². The molecule has 2 heterocycles. The van der Waals surface area contributed by atoms with Crippen LogP contribution in [0.15, 0.2) is 51.4 Å². The molecule has 39 heavy (non-hydrogen) atoms. The van der Waals surface area contributed by atoms with Gasteiger partial charge in [-0.25, -0.2) is 9.79 Å². The van der Waals surface area contributed by atoms with Crippen molar-refractivity contribution in [2.24, 2.45) is 4.99 Å². The summed E-state index contributed by atoms with van der Waals surface area (Å²) in [5.74, 6) is 0.434. The first-order chi connectivity index (χ1) is 18.6. The van der Waals surface area contributed by atoms with E-state index in [0.29, 0.717) is 37.7 Å². The Bertz CT molecular complexity index is 1640. The van der Waals surface area contributed by atoms with Gasteiger partial charge in [0.05, 0.1) is 53.8 Å². The van der Waals surface area contributed by atoms with E-state index in [9.17, 15) is 14.7 Å². The number of nitrogens with zero attached hydrogens (tertiary/aromatic N) is 2. The Hall–Kier alpha value is -3.76. The minimum atomic E-state index is -0.817. The Kier molecular flexibility index (Phi) is 8.36. The molecule has 0 saturated carbocycles. The molecule has 1 atom stereocenters. The van der Waals surface area contributed by atoms with Gasteiger partial charge in [-0.05, 0) is 69.2 Å². The quantitative estimate of drug-likeness (QED) is 0.407. The SMILES string of the molecule is CCOC(=O)C1=C(C)N=c2s/c(=C\c3cc(Cl)c(O)c(OC)c3)c(=O)n2[C@@H]1c1ccc(OC(C)C)c(OC)c1. The largest absolute Gasteiger partial charge is 0.503 e. The maximum absolute atomic E-state index is 13.8. The van der Waals surface area contributed by atoms with Gasteiger partial charge in [-0.3, -0.25) is 9.36 Å². The number of ether oxygens (including phenoxy) is 4. The summed E-state index contributed by atoms with van der Waals surface area (Å²) in [6, 6.07) is 7.59. The van der Waals surface area contributed by atoms with E-state index in [2.05, 4.69) is 4.99 Å². The van der Waals surface area contributed by atoms with Gasteiger partial charge >= 0.3 is 5.97 Å². The second kappa shape index (κ2) is 11.5. The Morgan fingerprint density at radius 3 is 2.54 bits per heavy atom. The Morgan fingerprint density at radius 2 is 1.90 bits per heavy atom. The molecule has 1 aliphatic rings. The first-order valence-electron chi connectivity index (χ1n) is 12.2. The van der Waals surface area contributed by atoms with Crippen LogP contribution in [-0.4, -0.2) is 42.6 Å². The smallest absolute Gasteiger partial charge is 0.338 e. The van der Waals surface area contributed by atoms with Crippen LogP contribution in [-0.2, 0) is 9.53 Å². The zero-order valence-corrected chi connectivity index (χ0v) is 24.0. The first kappa shape index (κ1) is 28.3. The molecule has 0 fully saturated rings. The lowest BCUT2D eigenvalue weighted by Crippen LogP contribution is -2.40. The average molecular weight is 573 g/mol. The maximum atomic E-state index is 13.8. The molecule has 0 spiro atoms. The Labute approximate surface area is 234 Å². The molecule has 1 aromatic heterocycles. The molecule has 0 radical (unpaired) electrons. The minimum Gasteiger partial charge on any atom is -0.503 e. The van der Waals surface area contributed by atoms with Gasteiger partial charge < -0.3 is 24.1 Å². The molecule has 1 N–H and O–H groups in total. The molecule has 0 bridgehead atoms. The number of carbonyl (C=O) groups excluding carboxylic acids is 1. The molecule has 206 valence electrons. The number of hydrogen-bond donors (Lipinski definition) is 1. The number of benzene rings is 2. The van der Waals surface area contributed by atoms with Crippen molar-refractivity contribution in [3.63, 3.8) is 0 Å². The van der Waals surface area contributed by atoms with Gasteiger partial charge in [0.1, 0.15) is 0 Å². The molecule has 2 aromatic carbocycles. The van der Waals surface area contributed by atoms with Crippen LogP contribution in [0.2, 0.25) is 5.02 Å². The molecule has 0 unspecified atom stereocenters. The number of thiazole rings is 1. The molecule has 1 aliphatic heterocycles. The molecular formula is C28H29ClN2O7S. The monoisotopic (exact) mass is 572 g/mol. The molecule has 0 saturated heterocycles. The summed E-state index contributed by atoms with van der Waals surface area (Å²) in [5, 5.41) is 10.2. The van der Waals surface area contributed by atoms with Crippen LogP contribution in [0.5, 0.6) is 23.0 Å². The Balaban J connectivity index is 1.95. The number of allylic oxidation sites excluding steroid dienone is 1. The van der Waals surface area contributed by atoms with Crippen molar-refractivity contribution in [3.8, 4) is 23.0 Å². The number of hydrogen-bond acceptors (Lipinski definition) is 9. The van der Waals surface area contributed by atoms with Crippen molar-refractivity contribution in [3.05, 3.63) is 77.4 Å². The van der Waals surface area contributed by atoms with Crippen molar-refractivity contribution in [2.75, 3.05) is 20.8 Å². The predicted octanol–water partition coefficient (Wildman–Crippen LogP) is 3.96. The highest BCUT2D eigenvalue weighted by atomic mass is 35.5. The van der Waals surface area contributed by atoms with E-state index in [4.69, 9.17) is 30.5 Å². The lowest BCUT2D eigenvalue weighted by atomic mass is 9.95. The van der Waals surface area contributed by atoms with Gasteiger partial charge in [0.2, 0.25) is 0 Å². The van der Waals surface area contributed by atoms with Crippen LogP contribution >= 0.6 is 22.9 Å². The zero-order chi connectivity index (χ0) is 28.4. The van der Waals surface area contributed by atoms with Crippen molar-refractivity contribution in [1.29, 1.82) is 0 Å². The van der Waals surface area contributed by atoms with E-state index in [1.54, 1.807) is 44.2 Å². The molecule has 3 aromatic rings. The lowest BCUT2D eigenvalue weighted by Gasteiger charge is -2.25. The summed E-state index contributed by atoms with van der Waals surface area (Å²) in [7, 11) is 2.94. The number of methoxy groups -OCH3 is 2. The zero-order valence-electron chi connectivity index (χ0n) is 22.4. The fraction of sp³-hybridized carbons (Fsp3) is 0.321. The topological polar surface area (TPSA) is 109 Å². The molecule has 0 amide bonds. The van der Waals surface area contributed by atoms with Crippen molar-refractivity contribution in [2.45, 2.75) is 39.8 Å². The summed E-state index contributed by atoms with van der Waals surface area (Å²) < 4.78 is 23.8. The van der Waals surface area contributed by atoms with Crippen LogP contribution in [0.25, 0.3) is 6.08 Å². The molecule has 4 rings (SSSR count). The van der Waals surface area contributed by atoms with Crippen molar-refractivity contribution in [1.82, 2.24) is 4.57 Å². The fourth-order valence-corrected chi connectivity index (χ4v) is 5.56. The van der Waals surface area contributed by atoms with Crippen LogP contribution in [0.4, 0.5) is 0 Å². The third-order valence-corrected chi connectivity index (χ3v) is 7.22. The summed E-state index contributed by atoms with van der Waals surface area (Å²) in [4.78, 5) is 32.0. The second-order valence-corrected chi connectivity index (χ2v) is 10.3. The van der Waals surface area contributed by atoms with Gasteiger partial charge in [0.25, 0.3) is 5.56 Å². The van der Waals surface area contributed by atoms with E-state index in [1.807, 2.05) is 13.8 Å². The highest BCUT2D eigenvalue weighted by molar-refractivity contribution is 7.07. The highest BCUT2D eigenvalue weighted by Crippen LogP contribution is 2.37. The van der Waals surface area contributed by atoms with Gasteiger partial charge in [-0.2, -0.15) is 0 Å². The van der Waals surface area contributed by atoms with Gasteiger partial charge in [-0.1, -0.05) is 29.0 Å². The number of carbonyl (C=O) groups is 1. The van der Waals surface area contributed by atoms with Crippen LogP contribution < -0.4 is 29.1 Å². The highest BCUT2D eigenvalue weighted by Gasteiger charge is 2.34. The number of phenols is 1. The van der Waals surface area contributed by atoms with E-state index in [1.165, 1.54) is 36.2 Å². The summed E-state index contributed by atoms with van der Waals surface area (Å²) in [6.45, 7) is 7.42.